The maximum absolute atomic E-state index is 12.3. The van der Waals surface area contributed by atoms with Gasteiger partial charge in [0.25, 0.3) is 11.9 Å². The molecule has 0 saturated heterocycles. The Balaban J connectivity index is 1.78. The Morgan fingerprint density at radius 1 is 1.26 bits per heavy atom. The van der Waals surface area contributed by atoms with Gasteiger partial charge in [0, 0.05) is 18.3 Å². The third kappa shape index (κ3) is 4.29. The highest BCUT2D eigenvalue weighted by Gasteiger charge is 2.32. The Morgan fingerprint density at radius 3 is 2.85 bits per heavy atom. The van der Waals surface area contributed by atoms with E-state index in [9.17, 15) is 14.4 Å². The molecule has 0 radical (unpaired) electrons. The quantitative estimate of drug-likeness (QED) is 0.614. The van der Waals surface area contributed by atoms with Crippen molar-refractivity contribution in [3.05, 3.63) is 11.8 Å². The Kier molecular flexibility index (Phi) is 5.78. The number of aryl methyl sites for hydroxylation is 1. The third-order valence-electron chi connectivity index (χ3n) is 4.61. The second-order valence-electron chi connectivity index (χ2n) is 6.80. The van der Waals surface area contributed by atoms with Gasteiger partial charge in [-0.3, -0.25) is 14.4 Å². The van der Waals surface area contributed by atoms with E-state index in [0.717, 1.165) is 44.2 Å². The summed E-state index contributed by atoms with van der Waals surface area (Å²) < 4.78 is 1.31. The van der Waals surface area contributed by atoms with Gasteiger partial charge in [0.2, 0.25) is 0 Å². The summed E-state index contributed by atoms with van der Waals surface area (Å²) in [4.78, 5) is 44.9. The van der Waals surface area contributed by atoms with Gasteiger partial charge in [0.05, 0.1) is 11.6 Å². The monoisotopic (exact) mass is 372 g/mol. The van der Waals surface area contributed by atoms with Crippen LogP contribution in [0.4, 0.5) is 5.82 Å². The van der Waals surface area contributed by atoms with Crippen LogP contribution in [0.25, 0.3) is 0 Å². The van der Waals surface area contributed by atoms with E-state index < -0.39 is 11.8 Å². The molecule has 1 atom stereocenters. The smallest absolute Gasteiger partial charge is 0.314 e. The first-order valence-corrected chi connectivity index (χ1v) is 9.35. The summed E-state index contributed by atoms with van der Waals surface area (Å²) in [6.07, 6.45) is 5.24. The van der Waals surface area contributed by atoms with E-state index in [4.69, 9.17) is 0 Å². The van der Waals surface area contributed by atoms with Gasteiger partial charge in [-0.25, -0.2) is 4.99 Å². The second kappa shape index (κ2) is 8.24. The molecule has 1 aromatic heterocycles. The van der Waals surface area contributed by atoms with E-state index in [-0.39, 0.29) is 23.6 Å². The molecule has 2 heterocycles. The molecular formula is C18H24N6O3. The average Bonchev–Trinajstić information content (AvgIpc) is 3.02. The molecular weight excluding hydrogens is 348 g/mol. The zero-order valence-corrected chi connectivity index (χ0v) is 15.6. The van der Waals surface area contributed by atoms with E-state index in [1.807, 2.05) is 6.92 Å². The summed E-state index contributed by atoms with van der Waals surface area (Å²) in [6.45, 7) is 4.19. The molecule has 1 aliphatic carbocycles. The number of rotatable bonds is 4. The van der Waals surface area contributed by atoms with E-state index in [1.54, 1.807) is 13.0 Å². The van der Waals surface area contributed by atoms with Gasteiger partial charge < -0.3 is 10.6 Å². The number of fused-ring (bicyclic) bond motifs is 1. The maximum atomic E-state index is 12.3. The van der Waals surface area contributed by atoms with Gasteiger partial charge in [0.15, 0.2) is 0 Å². The lowest BCUT2D eigenvalue weighted by atomic mass is 9.86. The van der Waals surface area contributed by atoms with Crippen LogP contribution in [0.2, 0.25) is 0 Å². The number of amides is 3. The minimum atomic E-state index is -0.793. The molecule has 1 saturated carbocycles. The van der Waals surface area contributed by atoms with E-state index in [0.29, 0.717) is 12.2 Å². The number of carbonyl (C=O) groups is 3. The normalized spacial score (nSPS) is 19.0. The number of unbranched alkanes of at least 4 members (excludes halogenated alkanes) is 1. The second-order valence-corrected chi connectivity index (χ2v) is 6.80. The highest BCUT2D eigenvalue weighted by Crippen LogP contribution is 2.26. The maximum Gasteiger partial charge on any atom is 0.314 e. The lowest BCUT2D eigenvalue weighted by Gasteiger charge is -2.24. The topological polar surface area (TPSA) is 118 Å². The molecule has 0 spiro atoms. The van der Waals surface area contributed by atoms with Crippen molar-refractivity contribution in [2.75, 3.05) is 11.9 Å². The van der Waals surface area contributed by atoms with Gasteiger partial charge in [-0.15, -0.1) is 0 Å². The number of anilines is 1. The molecule has 1 aromatic rings. The van der Waals surface area contributed by atoms with E-state index >= 15 is 0 Å². The van der Waals surface area contributed by atoms with Crippen molar-refractivity contribution in [2.45, 2.75) is 52.4 Å². The lowest BCUT2D eigenvalue weighted by molar-refractivity contribution is -0.136. The highest BCUT2D eigenvalue weighted by molar-refractivity contribution is 6.39. The first-order chi connectivity index (χ1) is 13.0. The summed E-state index contributed by atoms with van der Waals surface area (Å²) in [5, 5.41) is 9.37. The van der Waals surface area contributed by atoms with Gasteiger partial charge >= 0.3 is 11.8 Å². The fraction of sp³-hybridized carbons (Fsp3) is 0.556. The molecule has 9 heteroatoms. The van der Waals surface area contributed by atoms with Gasteiger partial charge in [-0.1, -0.05) is 19.8 Å². The Hall–Kier alpha value is -2.84. The predicted molar refractivity (Wildman–Crippen MR) is 101 cm³/mol. The third-order valence-corrected chi connectivity index (χ3v) is 4.61. The average molecular weight is 372 g/mol. The summed E-state index contributed by atoms with van der Waals surface area (Å²) in [6, 6.07) is 1.61. The Morgan fingerprint density at radius 2 is 2.07 bits per heavy atom. The number of carbonyl (C=O) groups excluding carboxylic acids is 3. The van der Waals surface area contributed by atoms with Crippen molar-refractivity contribution < 1.29 is 14.4 Å². The largest absolute Gasteiger partial charge is 0.348 e. The van der Waals surface area contributed by atoms with Crippen LogP contribution in [0.5, 0.6) is 0 Å². The number of nitrogens with one attached hydrogen (secondary N) is 2. The number of aromatic nitrogens is 2. The zero-order chi connectivity index (χ0) is 19.4. The Labute approximate surface area is 157 Å². The number of hydrogen-bond acceptors (Lipinski definition) is 5. The van der Waals surface area contributed by atoms with Crippen LogP contribution in [0.3, 0.4) is 0 Å². The molecule has 9 nitrogen and oxygen atoms in total. The summed E-state index contributed by atoms with van der Waals surface area (Å²) in [5.74, 6) is -1.58. The first-order valence-electron chi connectivity index (χ1n) is 9.35. The number of aliphatic imine (C=N–C) groups is 2. The molecule has 144 valence electrons. The van der Waals surface area contributed by atoms with Gasteiger partial charge in [-0.2, -0.15) is 14.8 Å². The molecule has 27 heavy (non-hydrogen) atoms. The molecule has 0 bridgehead atoms. The van der Waals surface area contributed by atoms with Crippen molar-refractivity contribution in [2.24, 2.45) is 15.9 Å². The SMILES string of the molecule is CCCCNC(=O)C(=O)Nc1cc(C)nn1C1=NC(=O)C2CCCCC2=N1. The summed E-state index contributed by atoms with van der Waals surface area (Å²) in [5.41, 5.74) is 1.43. The van der Waals surface area contributed by atoms with Crippen molar-refractivity contribution in [3.63, 3.8) is 0 Å². The van der Waals surface area contributed by atoms with Crippen molar-refractivity contribution in [1.82, 2.24) is 15.1 Å². The molecule has 2 aliphatic rings. The standard InChI is InChI=1S/C18H24N6O3/c1-3-4-9-19-16(26)17(27)21-14-10-11(2)23-24(14)18-20-13-8-6-5-7-12(13)15(25)22-18/h10,12H,3-9H2,1-2H3,(H,19,26)(H,21,27). The van der Waals surface area contributed by atoms with Gasteiger partial charge in [-0.05, 0) is 32.6 Å². The molecule has 1 unspecified atom stereocenters. The summed E-state index contributed by atoms with van der Waals surface area (Å²) >= 11 is 0. The van der Waals surface area contributed by atoms with Crippen LogP contribution in [0.15, 0.2) is 16.1 Å². The number of hydrogen-bond donors (Lipinski definition) is 2. The van der Waals surface area contributed by atoms with Crippen molar-refractivity contribution >= 4 is 35.2 Å². The van der Waals surface area contributed by atoms with Crippen molar-refractivity contribution in [1.29, 1.82) is 0 Å². The molecule has 3 amide bonds. The minimum absolute atomic E-state index is 0.128. The first kappa shape index (κ1) is 18.9. The lowest BCUT2D eigenvalue weighted by Crippen LogP contribution is -2.37. The van der Waals surface area contributed by atoms with Crippen LogP contribution in [0, 0.1) is 12.8 Å². The minimum Gasteiger partial charge on any atom is -0.348 e. The molecule has 0 aromatic carbocycles. The van der Waals surface area contributed by atoms with E-state index in [1.165, 1.54) is 4.68 Å². The molecule has 1 aliphatic heterocycles. The molecule has 2 N–H and O–H groups in total. The Bertz CT molecular complexity index is 823. The van der Waals surface area contributed by atoms with Crippen molar-refractivity contribution in [3.8, 4) is 0 Å². The van der Waals surface area contributed by atoms with Crippen LogP contribution < -0.4 is 10.6 Å². The van der Waals surface area contributed by atoms with Gasteiger partial charge in [0.1, 0.15) is 5.82 Å². The van der Waals surface area contributed by atoms with Crippen LogP contribution in [-0.4, -0.2) is 45.7 Å². The number of nitrogens with zero attached hydrogens (tertiary/aromatic N) is 4. The molecule has 1 fully saturated rings. The summed E-state index contributed by atoms with van der Waals surface area (Å²) in [7, 11) is 0. The molecule has 3 rings (SSSR count). The van der Waals surface area contributed by atoms with Crippen LogP contribution >= 0.6 is 0 Å². The van der Waals surface area contributed by atoms with Crippen LogP contribution in [-0.2, 0) is 14.4 Å². The van der Waals surface area contributed by atoms with Crippen LogP contribution in [0.1, 0.15) is 51.1 Å². The highest BCUT2D eigenvalue weighted by atomic mass is 16.2. The zero-order valence-electron chi connectivity index (χ0n) is 15.6. The van der Waals surface area contributed by atoms with E-state index in [2.05, 4.69) is 25.7 Å². The predicted octanol–water partition coefficient (Wildman–Crippen LogP) is 1.42. The fourth-order valence-electron chi connectivity index (χ4n) is 3.19. The fourth-order valence-corrected chi connectivity index (χ4v) is 3.19.